The summed E-state index contributed by atoms with van der Waals surface area (Å²) in [6.07, 6.45) is 11.6. The molecule has 0 bridgehead atoms. The van der Waals surface area contributed by atoms with Gasteiger partial charge in [-0.25, -0.2) is 9.67 Å². The lowest BCUT2D eigenvalue weighted by molar-refractivity contribution is 0.148. The fourth-order valence-corrected chi connectivity index (χ4v) is 3.71. The summed E-state index contributed by atoms with van der Waals surface area (Å²) >= 11 is 0. The van der Waals surface area contributed by atoms with Crippen LogP contribution in [0.5, 0.6) is 5.88 Å². The van der Waals surface area contributed by atoms with E-state index in [2.05, 4.69) is 25.4 Å². The normalized spacial score (nSPS) is 20.6. The molecule has 2 aromatic heterocycles. The van der Waals surface area contributed by atoms with E-state index >= 15 is 0 Å². The lowest BCUT2D eigenvalue weighted by Gasteiger charge is -2.25. The Morgan fingerprint density at radius 2 is 2.04 bits per heavy atom. The number of rotatable bonds is 6. The zero-order valence-corrected chi connectivity index (χ0v) is 15.2. The lowest BCUT2D eigenvalue weighted by Crippen LogP contribution is -2.32. The van der Waals surface area contributed by atoms with Gasteiger partial charge in [-0.3, -0.25) is 4.98 Å². The van der Waals surface area contributed by atoms with E-state index in [0.717, 1.165) is 49.7 Å². The number of nitrogens with one attached hydrogen (secondary N) is 1. The van der Waals surface area contributed by atoms with E-state index in [9.17, 15) is 0 Å². The molecule has 8 heteroatoms. The highest BCUT2D eigenvalue weighted by atomic mass is 16.5. The molecular weight excluding hydrogens is 332 g/mol. The summed E-state index contributed by atoms with van der Waals surface area (Å²) in [4.78, 5) is 13.4. The number of nitrogens with zero attached hydrogens (tertiary/aromatic N) is 5. The summed E-state index contributed by atoms with van der Waals surface area (Å²) < 4.78 is 13.1. The second kappa shape index (κ2) is 7.99. The van der Waals surface area contributed by atoms with Crippen LogP contribution in [0.4, 0.5) is 5.82 Å². The Hall–Kier alpha value is -2.22. The Bertz CT molecular complexity index is 728. The molecule has 0 aromatic carbocycles. The van der Waals surface area contributed by atoms with Crippen LogP contribution in [-0.2, 0) is 24.3 Å². The molecule has 0 saturated heterocycles. The molecule has 1 fully saturated rings. The van der Waals surface area contributed by atoms with E-state index in [-0.39, 0.29) is 12.1 Å². The van der Waals surface area contributed by atoms with E-state index in [0.29, 0.717) is 12.5 Å². The molecule has 1 saturated carbocycles. The molecule has 2 aromatic rings. The minimum Gasteiger partial charge on any atom is -0.473 e. The van der Waals surface area contributed by atoms with Gasteiger partial charge in [0, 0.05) is 19.6 Å². The van der Waals surface area contributed by atoms with Crippen molar-refractivity contribution in [2.45, 2.75) is 70.2 Å². The van der Waals surface area contributed by atoms with Crippen molar-refractivity contribution >= 4 is 5.82 Å². The highest BCUT2D eigenvalue weighted by Crippen LogP contribution is 2.23. The van der Waals surface area contributed by atoms with Gasteiger partial charge >= 0.3 is 0 Å². The molecule has 26 heavy (non-hydrogen) atoms. The van der Waals surface area contributed by atoms with Crippen LogP contribution in [0.25, 0.3) is 0 Å². The zero-order chi connectivity index (χ0) is 17.8. The van der Waals surface area contributed by atoms with E-state index in [1.165, 1.54) is 19.3 Å². The topological polar surface area (TPSA) is 87.0 Å². The van der Waals surface area contributed by atoms with Gasteiger partial charge in [-0.2, -0.15) is 10.1 Å². The number of fused-ring (bicyclic) bond motifs is 1. The molecule has 2 aliphatic rings. The molecule has 140 valence electrons. The van der Waals surface area contributed by atoms with E-state index in [1.54, 1.807) is 19.5 Å². The van der Waals surface area contributed by atoms with Gasteiger partial charge < -0.3 is 14.8 Å². The van der Waals surface area contributed by atoms with Crippen LogP contribution in [0.3, 0.4) is 0 Å². The molecule has 8 nitrogen and oxygen atoms in total. The Kier molecular flexibility index (Phi) is 5.29. The molecular formula is C18H26N6O2. The third kappa shape index (κ3) is 4.12. The minimum atomic E-state index is 0.249. The Morgan fingerprint density at radius 3 is 2.88 bits per heavy atom. The van der Waals surface area contributed by atoms with Gasteiger partial charge in [0.1, 0.15) is 24.4 Å². The largest absolute Gasteiger partial charge is 0.473 e. The fourth-order valence-electron chi connectivity index (χ4n) is 3.71. The maximum absolute atomic E-state index is 6.02. The van der Waals surface area contributed by atoms with Crippen molar-refractivity contribution in [2.24, 2.45) is 0 Å². The monoisotopic (exact) mass is 358 g/mol. The van der Waals surface area contributed by atoms with Crippen LogP contribution in [0, 0.1) is 0 Å². The number of hydrogen-bond acceptors (Lipinski definition) is 7. The summed E-state index contributed by atoms with van der Waals surface area (Å²) in [6.45, 7) is 1.21. The molecule has 4 rings (SSSR count). The Morgan fingerprint density at radius 1 is 1.15 bits per heavy atom. The average molecular weight is 358 g/mol. The first-order chi connectivity index (χ1) is 12.8. The molecule has 1 unspecified atom stereocenters. The van der Waals surface area contributed by atoms with Gasteiger partial charge in [0.15, 0.2) is 5.82 Å². The van der Waals surface area contributed by atoms with Crippen molar-refractivity contribution in [2.75, 3.05) is 12.4 Å². The van der Waals surface area contributed by atoms with Gasteiger partial charge in [-0.1, -0.05) is 6.42 Å². The summed E-state index contributed by atoms with van der Waals surface area (Å²) in [5, 5.41) is 7.97. The highest BCUT2D eigenvalue weighted by molar-refractivity contribution is 5.34. The van der Waals surface area contributed by atoms with Crippen molar-refractivity contribution < 1.29 is 9.47 Å². The molecule has 1 atom stereocenters. The summed E-state index contributed by atoms with van der Waals surface area (Å²) in [7, 11) is 1.66. The third-order valence-corrected chi connectivity index (χ3v) is 4.98. The maximum Gasteiger partial charge on any atom is 0.234 e. The minimum absolute atomic E-state index is 0.249. The Labute approximate surface area is 153 Å². The molecule has 1 aliphatic carbocycles. The SMILES string of the molecule is COCc1nc2n(n1)CC(Nc1cncc(OC3CCCCC3)n1)CC2. The van der Waals surface area contributed by atoms with Crippen LogP contribution in [0.1, 0.15) is 50.2 Å². The summed E-state index contributed by atoms with van der Waals surface area (Å²) in [5.41, 5.74) is 0. The molecule has 0 amide bonds. The van der Waals surface area contributed by atoms with E-state index in [1.807, 2.05) is 4.68 Å². The van der Waals surface area contributed by atoms with Crippen molar-refractivity contribution in [3.05, 3.63) is 24.0 Å². The highest BCUT2D eigenvalue weighted by Gasteiger charge is 2.22. The lowest BCUT2D eigenvalue weighted by atomic mass is 9.98. The predicted octanol–water partition coefficient (Wildman–Crippen LogP) is 2.35. The average Bonchev–Trinajstić information content (AvgIpc) is 3.05. The number of ether oxygens (including phenoxy) is 2. The number of methoxy groups -OCH3 is 1. The van der Waals surface area contributed by atoms with Crippen LogP contribution in [0.15, 0.2) is 12.4 Å². The Balaban J connectivity index is 1.37. The van der Waals surface area contributed by atoms with Crippen LogP contribution in [0.2, 0.25) is 0 Å². The molecule has 1 N–H and O–H groups in total. The molecule has 1 aliphatic heterocycles. The van der Waals surface area contributed by atoms with Gasteiger partial charge in [-0.05, 0) is 32.1 Å². The quantitative estimate of drug-likeness (QED) is 0.848. The summed E-state index contributed by atoms with van der Waals surface area (Å²) in [5.74, 6) is 3.13. The molecule has 0 radical (unpaired) electrons. The first-order valence-electron chi connectivity index (χ1n) is 9.47. The van der Waals surface area contributed by atoms with Crippen LogP contribution >= 0.6 is 0 Å². The first kappa shape index (κ1) is 17.2. The standard InChI is InChI=1S/C18H26N6O2/c1-25-12-16-21-17-8-7-13(11-24(17)23-16)20-15-9-19-10-18(22-15)26-14-5-3-2-4-6-14/h9-10,13-14H,2-8,11-12H2,1H3,(H,20,22). The zero-order valence-electron chi connectivity index (χ0n) is 15.2. The van der Waals surface area contributed by atoms with Gasteiger partial charge in [-0.15, -0.1) is 0 Å². The number of anilines is 1. The predicted molar refractivity (Wildman–Crippen MR) is 96.0 cm³/mol. The van der Waals surface area contributed by atoms with E-state index < -0.39 is 0 Å². The van der Waals surface area contributed by atoms with E-state index in [4.69, 9.17) is 9.47 Å². The van der Waals surface area contributed by atoms with Crippen molar-refractivity contribution in [3.63, 3.8) is 0 Å². The fraction of sp³-hybridized carbons (Fsp3) is 0.667. The molecule has 0 spiro atoms. The van der Waals surface area contributed by atoms with Crippen molar-refractivity contribution in [3.8, 4) is 5.88 Å². The number of aromatic nitrogens is 5. The van der Waals surface area contributed by atoms with Gasteiger partial charge in [0.05, 0.1) is 18.9 Å². The van der Waals surface area contributed by atoms with Crippen molar-refractivity contribution in [1.82, 2.24) is 24.7 Å². The molecule has 3 heterocycles. The first-order valence-corrected chi connectivity index (χ1v) is 9.47. The van der Waals surface area contributed by atoms with Crippen LogP contribution < -0.4 is 10.1 Å². The second-order valence-corrected chi connectivity index (χ2v) is 7.06. The second-order valence-electron chi connectivity index (χ2n) is 7.06. The number of hydrogen-bond donors (Lipinski definition) is 1. The number of aryl methyl sites for hydroxylation is 1. The van der Waals surface area contributed by atoms with Crippen LogP contribution in [-0.4, -0.2) is 44.0 Å². The summed E-state index contributed by atoms with van der Waals surface area (Å²) in [6, 6.07) is 0.249. The van der Waals surface area contributed by atoms with Gasteiger partial charge in [0.2, 0.25) is 5.88 Å². The van der Waals surface area contributed by atoms with Crippen molar-refractivity contribution in [1.29, 1.82) is 0 Å². The maximum atomic E-state index is 6.02. The third-order valence-electron chi connectivity index (χ3n) is 4.98. The smallest absolute Gasteiger partial charge is 0.234 e. The van der Waals surface area contributed by atoms with Gasteiger partial charge in [0.25, 0.3) is 0 Å².